The molecule has 4 heteroatoms. The molecule has 0 saturated heterocycles. The van der Waals surface area contributed by atoms with Crippen LogP contribution in [0.15, 0.2) is 48.5 Å². The molecule has 1 aromatic heterocycles. The number of imidazole rings is 1. The van der Waals surface area contributed by atoms with E-state index in [1.165, 1.54) is 11.1 Å². The highest BCUT2D eigenvalue weighted by molar-refractivity contribution is 5.76. The number of para-hydroxylation sites is 2. The van der Waals surface area contributed by atoms with Gasteiger partial charge < -0.3 is 14.6 Å². The number of rotatable bonds is 6. The fourth-order valence-electron chi connectivity index (χ4n) is 2.90. The van der Waals surface area contributed by atoms with Crippen LogP contribution in [-0.4, -0.2) is 16.7 Å². The van der Waals surface area contributed by atoms with Crippen LogP contribution in [0.2, 0.25) is 0 Å². The number of hydrogen-bond donors (Lipinski definition) is 1. The third-order valence-electron chi connectivity index (χ3n) is 4.13. The van der Waals surface area contributed by atoms with E-state index < -0.39 is 0 Å². The molecule has 120 valence electrons. The van der Waals surface area contributed by atoms with Gasteiger partial charge >= 0.3 is 0 Å². The highest BCUT2D eigenvalue weighted by atomic mass is 16.5. The highest BCUT2D eigenvalue weighted by Crippen LogP contribution is 2.21. The van der Waals surface area contributed by atoms with Gasteiger partial charge in [-0.2, -0.15) is 0 Å². The molecule has 0 aliphatic carbocycles. The maximum absolute atomic E-state index is 5.28. The molecule has 1 unspecified atom stereocenters. The first-order valence-electron chi connectivity index (χ1n) is 8.04. The summed E-state index contributed by atoms with van der Waals surface area (Å²) in [6.07, 6.45) is 0. The number of nitrogens with one attached hydrogen (secondary N) is 1. The second kappa shape index (κ2) is 6.84. The fourth-order valence-corrected chi connectivity index (χ4v) is 2.90. The molecule has 0 aliphatic heterocycles. The molecule has 3 rings (SSSR count). The third kappa shape index (κ3) is 3.22. The smallest absolute Gasteiger partial charge is 0.126 e. The van der Waals surface area contributed by atoms with E-state index >= 15 is 0 Å². The predicted octanol–water partition coefficient (Wildman–Crippen LogP) is 3.92. The van der Waals surface area contributed by atoms with Crippen molar-refractivity contribution in [3.05, 3.63) is 59.9 Å². The van der Waals surface area contributed by atoms with Gasteiger partial charge in [0.05, 0.1) is 24.2 Å². The lowest BCUT2D eigenvalue weighted by molar-refractivity contribution is 0.413. The number of benzene rings is 2. The van der Waals surface area contributed by atoms with E-state index in [0.29, 0.717) is 0 Å². The van der Waals surface area contributed by atoms with Crippen LogP contribution in [0.5, 0.6) is 5.75 Å². The Morgan fingerprint density at radius 2 is 2.00 bits per heavy atom. The van der Waals surface area contributed by atoms with Gasteiger partial charge in [-0.3, -0.25) is 0 Å². The highest BCUT2D eigenvalue weighted by Gasteiger charge is 2.15. The Morgan fingerprint density at radius 1 is 1.17 bits per heavy atom. The monoisotopic (exact) mass is 309 g/mol. The van der Waals surface area contributed by atoms with Gasteiger partial charge in [-0.15, -0.1) is 0 Å². The minimum Gasteiger partial charge on any atom is -0.497 e. The lowest BCUT2D eigenvalue weighted by Crippen LogP contribution is -2.21. The summed E-state index contributed by atoms with van der Waals surface area (Å²) in [6, 6.07) is 16.6. The normalized spacial score (nSPS) is 12.5. The topological polar surface area (TPSA) is 39.1 Å². The first-order valence-corrected chi connectivity index (χ1v) is 8.04. The minimum absolute atomic E-state index is 0.175. The quantitative estimate of drug-likeness (QED) is 0.750. The van der Waals surface area contributed by atoms with Crippen molar-refractivity contribution in [2.75, 3.05) is 7.11 Å². The van der Waals surface area contributed by atoms with E-state index in [2.05, 4.69) is 54.1 Å². The Bertz CT molecular complexity index is 794. The van der Waals surface area contributed by atoms with Crippen molar-refractivity contribution in [1.82, 2.24) is 14.9 Å². The van der Waals surface area contributed by atoms with Gasteiger partial charge in [-0.25, -0.2) is 4.98 Å². The first-order chi connectivity index (χ1) is 11.2. The number of nitrogens with zero attached hydrogens (tertiary/aromatic N) is 2. The summed E-state index contributed by atoms with van der Waals surface area (Å²) in [5.74, 6) is 1.97. The molecule has 0 fully saturated rings. The Labute approximate surface area is 137 Å². The molecular formula is C19H23N3O. The number of ether oxygens (including phenoxy) is 1. The van der Waals surface area contributed by atoms with Crippen LogP contribution in [-0.2, 0) is 13.1 Å². The molecule has 0 aliphatic rings. The van der Waals surface area contributed by atoms with Gasteiger partial charge in [0, 0.05) is 13.1 Å². The molecule has 4 nitrogen and oxygen atoms in total. The largest absolute Gasteiger partial charge is 0.497 e. The molecule has 0 spiro atoms. The molecule has 0 saturated carbocycles. The lowest BCUT2D eigenvalue weighted by atomic mass is 10.2. The number of methoxy groups -OCH3 is 1. The van der Waals surface area contributed by atoms with Crippen LogP contribution < -0.4 is 10.1 Å². The third-order valence-corrected chi connectivity index (χ3v) is 4.13. The lowest BCUT2D eigenvalue weighted by Gasteiger charge is -2.15. The van der Waals surface area contributed by atoms with E-state index in [0.717, 1.165) is 30.2 Å². The van der Waals surface area contributed by atoms with Gasteiger partial charge in [0.25, 0.3) is 0 Å². The standard InChI is InChI=1S/C19H23N3O/c1-4-22-18-11-6-5-10-17(18)21-19(22)14(2)20-13-15-8-7-9-16(12-15)23-3/h5-12,14,20H,4,13H2,1-3H3. The summed E-state index contributed by atoms with van der Waals surface area (Å²) in [7, 11) is 1.69. The molecule has 0 amide bonds. The van der Waals surface area contributed by atoms with Gasteiger partial charge in [0.2, 0.25) is 0 Å². The van der Waals surface area contributed by atoms with Crippen LogP contribution in [0, 0.1) is 0 Å². The summed E-state index contributed by atoms with van der Waals surface area (Å²) in [5, 5.41) is 3.56. The molecular weight excluding hydrogens is 286 g/mol. The molecule has 0 bridgehead atoms. The van der Waals surface area contributed by atoms with E-state index in [4.69, 9.17) is 9.72 Å². The van der Waals surface area contributed by atoms with Crippen LogP contribution in [0.4, 0.5) is 0 Å². The van der Waals surface area contributed by atoms with E-state index in [1.54, 1.807) is 7.11 Å². The fraction of sp³-hybridized carbons (Fsp3) is 0.316. The zero-order valence-corrected chi connectivity index (χ0v) is 13.9. The van der Waals surface area contributed by atoms with Crippen molar-refractivity contribution in [2.45, 2.75) is 33.0 Å². The molecule has 3 aromatic rings. The summed E-state index contributed by atoms with van der Waals surface area (Å²) < 4.78 is 7.55. The Balaban J connectivity index is 1.79. The minimum atomic E-state index is 0.175. The molecule has 1 N–H and O–H groups in total. The Morgan fingerprint density at radius 3 is 2.78 bits per heavy atom. The maximum atomic E-state index is 5.28. The second-order valence-electron chi connectivity index (χ2n) is 5.66. The predicted molar refractivity (Wildman–Crippen MR) is 93.7 cm³/mol. The average molecular weight is 309 g/mol. The zero-order chi connectivity index (χ0) is 16.2. The van der Waals surface area contributed by atoms with E-state index in [-0.39, 0.29) is 6.04 Å². The van der Waals surface area contributed by atoms with Crippen molar-refractivity contribution in [3.8, 4) is 5.75 Å². The summed E-state index contributed by atoms with van der Waals surface area (Å²) in [5.41, 5.74) is 3.45. The molecule has 23 heavy (non-hydrogen) atoms. The van der Waals surface area contributed by atoms with Crippen molar-refractivity contribution in [1.29, 1.82) is 0 Å². The molecule has 2 aromatic carbocycles. The SMILES string of the molecule is CCn1c(C(C)NCc2cccc(OC)c2)nc2ccccc21. The van der Waals surface area contributed by atoms with Gasteiger partial charge in [0.1, 0.15) is 11.6 Å². The van der Waals surface area contributed by atoms with Gasteiger partial charge in [-0.1, -0.05) is 24.3 Å². The molecule has 1 heterocycles. The number of aromatic nitrogens is 2. The van der Waals surface area contributed by atoms with Crippen LogP contribution in [0.3, 0.4) is 0 Å². The van der Waals surface area contributed by atoms with Crippen LogP contribution in [0.25, 0.3) is 11.0 Å². The average Bonchev–Trinajstić information content (AvgIpc) is 2.98. The summed E-state index contributed by atoms with van der Waals surface area (Å²) in [6.45, 7) is 6.02. The second-order valence-corrected chi connectivity index (χ2v) is 5.66. The number of aryl methyl sites for hydroxylation is 1. The summed E-state index contributed by atoms with van der Waals surface area (Å²) >= 11 is 0. The van der Waals surface area contributed by atoms with Gasteiger partial charge in [-0.05, 0) is 43.7 Å². The van der Waals surface area contributed by atoms with Crippen molar-refractivity contribution in [2.24, 2.45) is 0 Å². The Kier molecular flexibility index (Phi) is 4.63. The Hall–Kier alpha value is -2.33. The van der Waals surface area contributed by atoms with Crippen molar-refractivity contribution in [3.63, 3.8) is 0 Å². The zero-order valence-electron chi connectivity index (χ0n) is 13.9. The first kappa shape index (κ1) is 15.6. The van der Waals surface area contributed by atoms with Crippen molar-refractivity contribution >= 4 is 11.0 Å². The van der Waals surface area contributed by atoms with Gasteiger partial charge in [0.15, 0.2) is 0 Å². The maximum Gasteiger partial charge on any atom is 0.126 e. The van der Waals surface area contributed by atoms with Crippen molar-refractivity contribution < 1.29 is 4.74 Å². The molecule has 0 radical (unpaired) electrons. The summed E-state index contributed by atoms with van der Waals surface area (Å²) in [4.78, 5) is 4.81. The van der Waals surface area contributed by atoms with Crippen LogP contribution >= 0.6 is 0 Å². The number of fused-ring (bicyclic) bond motifs is 1. The number of hydrogen-bond acceptors (Lipinski definition) is 3. The molecule has 1 atom stereocenters. The van der Waals surface area contributed by atoms with E-state index in [9.17, 15) is 0 Å². The van der Waals surface area contributed by atoms with Crippen LogP contribution in [0.1, 0.15) is 31.3 Å². The van der Waals surface area contributed by atoms with E-state index in [1.807, 2.05) is 18.2 Å².